The fourth-order valence-electron chi connectivity index (χ4n) is 5.85. The average Bonchev–Trinajstić information content (AvgIpc) is 3.59. The number of hydrogen-bond donors (Lipinski definition) is 1. The summed E-state index contributed by atoms with van der Waals surface area (Å²) in [4.78, 5) is 19.5. The summed E-state index contributed by atoms with van der Waals surface area (Å²) in [5, 5.41) is 17.4. The Hall–Kier alpha value is -3.78. The minimum atomic E-state index is -2.98. The largest absolute Gasteiger partial charge is 0.369 e. The second kappa shape index (κ2) is 10.3. The highest BCUT2D eigenvalue weighted by Gasteiger charge is 2.47. The number of carbonyl (C=O) groups is 1. The van der Waals surface area contributed by atoms with Crippen LogP contribution in [0.15, 0.2) is 48.9 Å². The second-order valence-corrected chi connectivity index (χ2v) is 13.4. The number of nitrogens with one attached hydrogen (secondary N) is 1. The van der Waals surface area contributed by atoms with Crippen molar-refractivity contribution in [3.8, 4) is 22.9 Å². The van der Waals surface area contributed by atoms with Gasteiger partial charge < -0.3 is 10.2 Å². The third-order valence-corrected chi connectivity index (χ3v) is 9.98. The number of pyridine rings is 1. The number of benzene rings is 1. The molecule has 40 heavy (non-hydrogen) atoms. The molecule has 208 valence electrons. The number of anilines is 1. The van der Waals surface area contributed by atoms with Crippen molar-refractivity contribution >= 4 is 21.4 Å². The molecule has 11 heteroatoms. The minimum absolute atomic E-state index is 0.105. The van der Waals surface area contributed by atoms with E-state index in [4.69, 9.17) is 5.10 Å². The van der Waals surface area contributed by atoms with E-state index in [0.29, 0.717) is 38.0 Å². The van der Waals surface area contributed by atoms with Crippen LogP contribution in [0.3, 0.4) is 0 Å². The highest BCUT2D eigenvalue weighted by atomic mass is 32.2. The molecule has 0 bridgehead atoms. The summed E-state index contributed by atoms with van der Waals surface area (Å²) in [5.74, 6) is -0.760. The van der Waals surface area contributed by atoms with Crippen LogP contribution in [0, 0.1) is 23.1 Å². The molecule has 1 N–H and O–H groups in total. The standard InChI is InChI=1S/C29H31FN6O3S/c30-21-15-23(17-32-16-21)36-18-26(20-5-7-22(8-6-20)35-11-13-40(38,39)14-12-35)27(34-36)24-3-1-2-4-25(24)28(37)33-29(19-31)9-10-29/h5-8,15-18,24-25H,1-4,9-14H2,(H,33,37)/t24-,25-/m1/s1. The van der Waals surface area contributed by atoms with E-state index in [1.54, 1.807) is 10.9 Å². The molecule has 3 heterocycles. The SMILES string of the molecule is N#CC1(NC(=O)[C@@H]2CCCC[C@H]2c2nn(-c3cncc(F)c3)cc2-c2ccc(N3CCS(=O)(=O)CC3)cc2)CC1. The third-order valence-electron chi connectivity index (χ3n) is 8.37. The summed E-state index contributed by atoms with van der Waals surface area (Å²) in [6.45, 7) is 0.918. The van der Waals surface area contributed by atoms with Crippen molar-refractivity contribution in [2.45, 2.75) is 50.0 Å². The predicted octanol–water partition coefficient (Wildman–Crippen LogP) is 3.75. The van der Waals surface area contributed by atoms with Crippen LogP contribution in [0.4, 0.5) is 10.1 Å². The van der Waals surface area contributed by atoms with Crippen LogP contribution in [-0.4, -0.2) is 59.2 Å². The molecule has 3 fully saturated rings. The Morgan fingerprint density at radius 2 is 1.80 bits per heavy atom. The number of amides is 1. The van der Waals surface area contributed by atoms with Crippen molar-refractivity contribution in [2.24, 2.45) is 5.92 Å². The number of nitrogens with zero attached hydrogens (tertiary/aromatic N) is 5. The molecule has 2 aromatic heterocycles. The van der Waals surface area contributed by atoms with E-state index >= 15 is 0 Å². The molecule has 1 aromatic carbocycles. The maximum absolute atomic E-state index is 14.0. The summed E-state index contributed by atoms with van der Waals surface area (Å²) in [7, 11) is -2.98. The zero-order chi connectivity index (χ0) is 27.9. The minimum Gasteiger partial charge on any atom is -0.369 e. The van der Waals surface area contributed by atoms with Gasteiger partial charge in [-0.15, -0.1) is 0 Å². The number of rotatable bonds is 6. The Labute approximate surface area is 232 Å². The number of hydrogen-bond acceptors (Lipinski definition) is 7. The summed E-state index contributed by atoms with van der Waals surface area (Å²) < 4.78 is 39.4. The Morgan fingerprint density at radius 3 is 2.48 bits per heavy atom. The first-order chi connectivity index (χ1) is 19.3. The van der Waals surface area contributed by atoms with Gasteiger partial charge in [0, 0.05) is 48.4 Å². The van der Waals surface area contributed by atoms with E-state index in [1.807, 2.05) is 30.5 Å². The number of carbonyl (C=O) groups excluding carboxylic acids is 1. The van der Waals surface area contributed by atoms with Crippen LogP contribution >= 0.6 is 0 Å². The Bertz CT molecular complexity index is 1560. The van der Waals surface area contributed by atoms with E-state index in [9.17, 15) is 22.9 Å². The first kappa shape index (κ1) is 26.4. The number of nitriles is 1. The van der Waals surface area contributed by atoms with Gasteiger partial charge in [0.1, 0.15) is 11.4 Å². The normalized spacial score (nSPS) is 23.2. The van der Waals surface area contributed by atoms with Crippen molar-refractivity contribution in [1.29, 1.82) is 5.26 Å². The number of aromatic nitrogens is 3. The average molecular weight is 563 g/mol. The van der Waals surface area contributed by atoms with Crippen molar-refractivity contribution in [3.05, 3.63) is 60.4 Å². The van der Waals surface area contributed by atoms with E-state index in [2.05, 4.69) is 21.3 Å². The summed E-state index contributed by atoms with van der Waals surface area (Å²) in [5.41, 5.74) is 3.21. The van der Waals surface area contributed by atoms with Crippen LogP contribution in [0.2, 0.25) is 0 Å². The summed E-state index contributed by atoms with van der Waals surface area (Å²) in [6, 6.07) is 11.6. The second-order valence-electron chi connectivity index (χ2n) is 11.1. The molecule has 2 aliphatic carbocycles. The van der Waals surface area contributed by atoms with Gasteiger partial charge >= 0.3 is 0 Å². The van der Waals surface area contributed by atoms with Crippen molar-refractivity contribution in [3.63, 3.8) is 0 Å². The van der Waals surface area contributed by atoms with E-state index in [0.717, 1.165) is 48.0 Å². The van der Waals surface area contributed by atoms with E-state index in [-0.39, 0.29) is 29.2 Å². The van der Waals surface area contributed by atoms with Crippen molar-refractivity contribution < 1.29 is 17.6 Å². The molecule has 3 aliphatic rings. The first-order valence-electron chi connectivity index (χ1n) is 13.8. The van der Waals surface area contributed by atoms with Gasteiger partial charge in [-0.1, -0.05) is 25.0 Å². The van der Waals surface area contributed by atoms with Gasteiger partial charge in [-0.05, 0) is 43.4 Å². The van der Waals surface area contributed by atoms with Gasteiger partial charge in [-0.25, -0.2) is 17.5 Å². The molecule has 6 rings (SSSR count). The summed E-state index contributed by atoms with van der Waals surface area (Å²) in [6.07, 6.45) is 9.28. The van der Waals surface area contributed by atoms with E-state index < -0.39 is 21.2 Å². The fourth-order valence-corrected chi connectivity index (χ4v) is 7.06. The molecule has 2 saturated carbocycles. The predicted molar refractivity (Wildman–Crippen MR) is 148 cm³/mol. The molecular weight excluding hydrogens is 531 g/mol. The molecule has 0 unspecified atom stereocenters. The lowest BCUT2D eigenvalue weighted by Crippen LogP contribution is -2.42. The fraction of sp³-hybridized carbons (Fsp3) is 0.448. The molecule has 0 spiro atoms. The molecule has 2 atom stereocenters. The first-order valence-corrected chi connectivity index (χ1v) is 15.6. The molecule has 9 nitrogen and oxygen atoms in total. The molecule has 3 aromatic rings. The summed E-state index contributed by atoms with van der Waals surface area (Å²) >= 11 is 0. The molecule has 1 amide bonds. The molecular formula is C29H31FN6O3S. The Kier molecular flexibility index (Phi) is 6.82. The smallest absolute Gasteiger partial charge is 0.225 e. The van der Waals surface area contributed by atoms with Crippen molar-refractivity contribution in [2.75, 3.05) is 29.5 Å². The van der Waals surface area contributed by atoms with E-state index in [1.165, 1.54) is 6.07 Å². The van der Waals surface area contributed by atoms with Gasteiger partial charge in [0.2, 0.25) is 5.91 Å². The number of sulfone groups is 1. The lowest BCUT2D eigenvalue weighted by atomic mass is 9.75. The topological polar surface area (TPSA) is 121 Å². The lowest BCUT2D eigenvalue weighted by Gasteiger charge is -2.31. The zero-order valence-electron chi connectivity index (χ0n) is 22.1. The molecule has 1 aliphatic heterocycles. The maximum atomic E-state index is 14.0. The van der Waals surface area contributed by atoms with Crippen LogP contribution in [0.25, 0.3) is 16.8 Å². The van der Waals surface area contributed by atoms with Crippen LogP contribution < -0.4 is 10.2 Å². The highest BCUT2D eigenvalue weighted by molar-refractivity contribution is 7.91. The van der Waals surface area contributed by atoms with Crippen LogP contribution in [0.5, 0.6) is 0 Å². The van der Waals surface area contributed by atoms with Gasteiger partial charge in [0.15, 0.2) is 9.84 Å². The molecule has 1 saturated heterocycles. The maximum Gasteiger partial charge on any atom is 0.225 e. The van der Waals surface area contributed by atoms with Gasteiger partial charge in [0.25, 0.3) is 0 Å². The van der Waals surface area contributed by atoms with Crippen LogP contribution in [-0.2, 0) is 14.6 Å². The highest BCUT2D eigenvalue weighted by Crippen LogP contribution is 2.43. The zero-order valence-corrected chi connectivity index (χ0v) is 22.9. The van der Waals surface area contributed by atoms with Crippen molar-refractivity contribution in [1.82, 2.24) is 20.1 Å². The third kappa shape index (κ3) is 5.32. The Morgan fingerprint density at radius 1 is 1.07 bits per heavy atom. The lowest BCUT2D eigenvalue weighted by molar-refractivity contribution is -0.127. The van der Waals surface area contributed by atoms with Gasteiger partial charge in [0.05, 0.1) is 41.3 Å². The van der Waals surface area contributed by atoms with Gasteiger partial charge in [-0.3, -0.25) is 9.78 Å². The molecule has 0 radical (unpaired) electrons. The monoisotopic (exact) mass is 562 g/mol. The van der Waals surface area contributed by atoms with Gasteiger partial charge in [-0.2, -0.15) is 10.4 Å². The van der Waals surface area contributed by atoms with Crippen LogP contribution in [0.1, 0.15) is 50.1 Å². The quantitative estimate of drug-likeness (QED) is 0.486. The Balaban J connectivity index is 1.35. The number of halogens is 1.